The van der Waals surface area contributed by atoms with Crippen LogP contribution in [-0.2, 0) is 6.54 Å². The molecule has 8 heteroatoms. The molecule has 1 unspecified atom stereocenters. The first-order valence-electron chi connectivity index (χ1n) is 7.84. The van der Waals surface area contributed by atoms with Crippen LogP contribution >= 0.6 is 0 Å². The number of aromatic nitrogens is 2. The van der Waals surface area contributed by atoms with Gasteiger partial charge in [-0.15, -0.1) is 0 Å². The Morgan fingerprint density at radius 3 is 2.72 bits per heavy atom. The van der Waals surface area contributed by atoms with Crippen LogP contribution in [0.3, 0.4) is 0 Å². The Morgan fingerprint density at radius 1 is 1.40 bits per heavy atom. The van der Waals surface area contributed by atoms with Crippen LogP contribution in [0.4, 0.5) is 13.2 Å². The van der Waals surface area contributed by atoms with Crippen molar-refractivity contribution in [3.8, 4) is 5.75 Å². The number of hydrogen-bond acceptors (Lipinski definition) is 3. The van der Waals surface area contributed by atoms with Crippen LogP contribution in [-0.4, -0.2) is 28.5 Å². The van der Waals surface area contributed by atoms with Crippen molar-refractivity contribution in [3.05, 3.63) is 47.3 Å². The molecule has 0 aliphatic carbocycles. The van der Waals surface area contributed by atoms with E-state index in [0.717, 1.165) is 17.8 Å². The molecule has 0 saturated carbocycles. The van der Waals surface area contributed by atoms with Crippen molar-refractivity contribution in [1.82, 2.24) is 15.1 Å². The van der Waals surface area contributed by atoms with E-state index in [2.05, 4.69) is 15.2 Å². The van der Waals surface area contributed by atoms with E-state index in [4.69, 9.17) is 0 Å². The van der Waals surface area contributed by atoms with Gasteiger partial charge in [0.25, 0.3) is 5.91 Å². The summed E-state index contributed by atoms with van der Waals surface area (Å²) in [7, 11) is 0. The number of alkyl halides is 3. The van der Waals surface area contributed by atoms with Gasteiger partial charge >= 0.3 is 6.18 Å². The minimum Gasteiger partial charge on any atom is -0.484 e. The summed E-state index contributed by atoms with van der Waals surface area (Å²) in [5.41, 5.74) is 2.07. The van der Waals surface area contributed by atoms with Crippen LogP contribution in [0.5, 0.6) is 5.75 Å². The summed E-state index contributed by atoms with van der Waals surface area (Å²) in [6, 6.07) is 5.38. The molecule has 1 atom stereocenters. The molecule has 0 spiro atoms. The number of halogens is 3. The second-order valence-electron chi connectivity index (χ2n) is 5.63. The van der Waals surface area contributed by atoms with Crippen molar-refractivity contribution < 1.29 is 22.7 Å². The third-order valence-electron chi connectivity index (χ3n) is 3.75. The first kappa shape index (κ1) is 18.8. The molecule has 2 aromatic rings. The molecule has 0 saturated heterocycles. The van der Waals surface area contributed by atoms with Gasteiger partial charge in [-0.05, 0) is 39.0 Å². The fraction of sp³-hybridized carbons (Fsp3) is 0.412. The van der Waals surface area contributed by atoms with E-state index in [9.17, 15) is 18.0 Å². The van der Waals surface area contributed by atoms with Gasteiger partial charge in [-0.2, -0.15) is 18.3 Å². The van der Waals surface area contributed by atoms with Crippen LogP contribution in [0.1, 0.15) is 41.5 Å². The molecule has 1 heterocycles. The number of ether oxygens (including phenoxy) is 1. The van der Waals surface area contributed by atoms with Crippen LogP contribution in [0.15, 0.2) is 30.5 Å². The van der Waals surface area contributed by atoms with Crippen LogP contribution in [0, 0.1) is 6.92 Å². The maximum Gasteiger partial charge on any atom is 0.422 e. The number of carbonyl (C=O) groups is 1. The molecular formula is C17H20F3N3O2. The maximum atomic E-state index is 12.4. The number of amides is 1. The Labute approximate surface area is 143 Å². The highest BCUT2D eigenvalue weighted by Crippen LogP contribution is 2.21. The average Bonchev–Trinajstić information content (AvgIpc) is 2.93. The number of hydrogen-bond donors (Lipinski definition) is 1. The molecule has 0 bridgehead atoms. The number of carbonyl (C=O) groups excluding carboxylic acids is 1. The standard InChI is InChI=1S/C17H20F3N3O2/c1-4-23-12(3)15(9-21-23)11(2)22-16(24)13-6-5-7-14(8-13)25-10-17(18,19)20/h5-9,11H,4,10H2,1-3H3,(H,22,24). The van der Waals surface area contributed by atoms with E-state index in [1.54, 1.807) is 6.20 Å². The van der Waals surface area contributed by atoms with Gasteiger partial charge in [0.15, 0.2) is 6.61 Å². The van der Waals surface area contributed by atoms with Crippen molar-refractivity contribution in [2.45, 2.75) is 39.5 Å². The predicted octanol–water partition coefficient (Wildman–Crippen LogP) is 3.64. The Morgan fingerprint density at radius 2 is 2.12 bits per heavy atom. The second-order valence-corrected chi connectivity index (χ2v) is 5.63. The normalized spacial score (nSPS) is 12.7. The van der Waals surface area contributed by atoms with Crippen LogP contribution in [0.2, 0.25) is 0 Å². The smallest absolute Gasteiger partial charge is 0.422 e. The van der Waals surface area contributed by atoms with Crippen LogP contribution in [0.25, 0.3) is 0 Å². The summed E-state index contributed by atoms with van der Waals surface area (Å²) in [5, 5.41) is 7.06. The lowest BCUT2D eigenvalue weighted by Crippen LogP contribution is -2.27. The molecule has 0 aliphatic heterocycles. The Bertz CT molecular complexity index is 741. The summed E-state index contributed by atoms with van der Waals surface area (Å²) in [6.07, 6.45) is -2.73. The first-order valence-corrected chi connectivity index (χ1v) is 7.84. The van der Waals surface area contributed by atoms with E-state index in [-0.39, 0.29) is 17.4 Å². The molecule has 1 N–H and O–H groups in total. The van der Waals surface area contributed by atoms with Gasteiger partial charge in [0.05, 0.1) is 12.2 Å². The second kappa shape index (κ2) is 7.58. The number of rotatable bonds is 6. The number of aryl methyl sites for hydroxylation is 1. The first-order chi connectivity index (χ1) is 11.7. The highest BCUT2D eigenvalue weighted by molar-refractivity contribution is 5.94. The molecule has 5 nitrogen and oxygen atoms in total. The molecule has 25 heavy (non-hydrogen) atoms. The molecule has 1 aromatic heterocycles. The summed E-state index contributed by atoms with van der Waals surface area (Å²) < 4.78 is 43.1. The Balaban J connectivity index is 2.06. The average molecular weight is 355 g/mol. The lowest BCUT2D eigenvalue weighted by Gasteiger charge is -2.15. The van der Waals surface area contributed by atoms with E-state index < -0.39 is 18.7 Å². The van der Waals surface area contributed by atoms with Gasteiger partial charge < -0.3 is 10.1 Å². The van der Waals surface area contributed by atoms with Crippen molar-refractivity contribution in [2.24, 2.45) is 0 Å². The third-order valence-corrected chi connectivity index (χ3v) is 3.75. The molecular weight excluding hydrogens is 335 g/mol. The van der Waals surface area contributed by atoms with Crippen molar-refractivity contribution in [2.75, 3.05) is 6.61 Å². The zero-order chi connectivity index (χ0) is 18.6. The van der Waals surface area contributed by atoms with Crippen molar-refractivity contribution in [1.29, 1.82) is 0 Å². The van der Waals surface area contributed by atoms with E-state index in [0.29, 0.717) is 0 Å². The van der Waals surface area contributed by atoms with E-state index in [1.807, 2.05) is 25.5 Å². The highest BCUT2D eigenvalue weighted by atomic mass is 19.4. The van der Waals surface area contributed by atoms with E-state index in [1.165, 1.54) is 24.3 Å². The molecule has 0 aliphatic rings. The summed E-state index contributed by atoms with van der Waals surface area (Å²) in [6.45, 7) is 5.04. The zero-order valence-electron chi connectivity index (χ0n) is 14.2. The van der Waals surface area contributed by atoms with Gasteiger partial charge in [0.2, 0.25) is 0 Å². The SMILES string of the molecule is CCn1ncc(C(C)NC(=O)c2cccc(OCC(F)(F)F)c2)c1C. The molecule has 1 aromatic carbocycles. The van der Waals surface area contributed by atoms with Gasteiger partial charge in [-0.25, -0.2) is 0 Å². The van der Waals surface area contributed by atoms with Gasteiger partial charge in [0.1, 0.15) is 5.75 Å². The molecule has 0 fully saturated rings. The third kappa shape index (κ3) is 4.98. The Kier molecular flexibility index (Phi) is 5.71. The fourth-order valence-corrected chi connectivity index (χ4v) is 2.45. The molecule has 0 radical (unpaired) electrons. The van der Waals surface area contributed by atoms with Crippen LogP contribution < -0.4 is 10.1 Å². The number of benzene rings is 1. The lowest BCUT2D eigenvalue weighted by molar-refractivity contribution is -0.153. The largest absolute Gasteiger partial charge is 0.484 e. The highest BCUT2D eigenvalue weighted by Gasteiger charge is 2.28. The van der Waals surface area contributed by atoms with Crippen molar-refractivity contribution in [3.63, 3.8) is 0 Å². The topological polar surface area (TPSA) is 56.2 Å². The lowest BCUT2D eigenvalue weighted by atomic mass is 10.1. The predicted molar refractivity (Wildman–Crippen MR) is 86.5 cm³/mol. The monoisotopic (exact) mass is 355 g/mol. The summed E-state index contributed by atoms with van der Waals surface area (Å²) in [4.78, 5) is 12.4. The van der Waals surface area contributed by atoms with Gasteiger partial charge in [-0.1, -0.05) is 6.07 Å². The van der Waals surface area contributed by atoms with E-state index >= 15 is 0 Å². The fourth-order valence-electron chi connectivity index (χ4n) is 2.45. The zero-order valence-corrected chi connectivity index (χ0v) is 14.2. The maximum absolute atomic E-state index is 12.4. The number of nitrogens with zero attached hydrogens (tertiary/aromatic N) is 2. The summed E-state index contributed by atoms with van der Waals surface area (Å²) >= 11 is 0. The summed E-state index contributed by atoms with van der Waals surface area (Å²) in [5.74, 6) is -0.402. The Hall–Kier alpha value is -2.51. The quantitative estimate of drug-likeness (QED) is 0.861. The van der Waals surface area contributed by atoms with Gasteiger partial charge in [0, 0.05) is 23.4 Å². The van der Waals surface area contributed by atoms with Crippen molar-refractivity contribution >= 4 is 5.91 Å². The molecule has 1 amide bonds. The number of nitrogens with one attached hydrogen (secondary N) is 1. The minimum absolute atomic E-state index is 0.00684. The molecule has 2 rings (SSSR count). The van der Waals surface area contributed by atoms with Gasteiger partial charge in [-0.3, -0.25) is 9.48 Å². The minimum atomic E-state index is -4.43. The molecule has 136 valence electrons.